The summed E-state index contributed by atoms with van der Waals surface area (Å²) in [5.41, 5.74) is 0. The number of sulfone groups is 1. The van der Waals surface area contributed by atoms with E-state index in [4.69, 9.17) is 9.15 Å². The molecule has 1 aliphatic heterocycles. The van der Waals surface area contributed by atoms with Gasteiger partial charge in [-0.1, -0.05) is 18.3 Å². The van der Waals surface area contributed by atoms with Crippen LogP contribution in [0.5, 0.6) is 0 Å². The predicted octanol–water partition coefficient (Wildman–Crippen LogP) is 2.58. The van der Waals surface area contributed by atoms with Gasteiger partial charge in [0.05, 0.1) is 28.3 Å². The maximum absolute atomic E-state index is 12.7. The number of carbonyl (C=O) groups excluding carboxylic acids is 2. The number of amides is 2. The fourth-order valence-electron chi connectivity index (χ4n) is 2.45. The van der Waals surface area contributed by atoms with E-state index in [1.807, 2.05) is 22.6 Å². The molecule has 0 N–H and O–H groups in total. The van der Waals surface area contributed by atoms with Gasteiger partial charge >= 0.3 is 12.0 Å². The predicted molar refractivity (Wildman–Crippen MR) is 106 cm³/mol. The van der Waals surface area contributed by atoms with E-state index in [0.29, 0.717) is 10.1 Å². The van der Waals surface area contributed by atoms with Crippen LogP contribution in [0.15, 0.2) is 27.2 Å². The molecule has 1 aliphatic rings. The van der Waals surface area contributed by atoms with Crippen molar-refractivity contribution < 1.29 is 27.2 Å². The van der Waals surface area contributed by atoms with Crippen LogP contribution in [0.4, 0.5) is 9.93 Å². The van der Waals surface area contributed by atoms with E-state index in [1.165, 1.54) is 29.2 Å². The number of ether oxygens (including phenoxy) is 1. The molecule has 1 atom stereocenters. The summed E-state index contributed by atoms with van der Waals surface area (Å²) in [6.07, 6.45) is 1.65. The van der Waals surface area contributed by atoms with Crippen LogP contribution in [0.2, 0.25) is 0 Å². The van der Waals surface area contributed by atoms with Gasteiger partial charge in [-0.05, 0) is 35.6 Å². The Morgan fingerprint density at radius 2 is 2.22 bits per heavy atom. The maximum Gasteiger partial charge on any atom is 0.377 e. The number of likely N-dealkylation sites (N-methyl/N-ethyl adjacent to an activating group) is 1. The summed E-state index contributed by atoms with van der Waals surface area (Å²) in [6, 6.07) is 1.22. The fourth-order valence-corrected chi connectivity index (χ4v) is 5.21. The lowest BCUT2D eigenvalue weighted by atomic mass is 10.4. The van der Waals surface area contributed by atoms with Crippen molar-refractivity contribution in [1.29, 1.82) is 0 Å². The number of thiazole rings is 1. The van der Waals surface area contributed by atoms with Crippen LogP contribution in [-0.2, 0) is 14.6 Å². The molecular formula is C15H16IN3O6S2. The van der Waals surface area contributed by atoms with Crippen molar-refractivity contribution in [3.05, 3.63) is 27.9 Å². The number of carbonyl (C=O) groups is 2. The minimum absolute atomic E-state index is 0.0475. The molecule has 1 unspecified atom stereocenters. The van der Waals surface area contributed by atoms with Gasteiger partial charge in [0.2, 0.25) is 12.0 Å². The highest BCUT2D eigenvalue weighted by Gasteiger charge is 2.42. The van der Waals surface area contributed by atoms with Gasteiger partial charge in [0.1, 0.15) is 4.21 Å². The standard InChI is InChI=1S/C15H16IN3O6S2/c1-3-18-8-10(25-13(20)12-9(16)5-6-24-12)19(15(18)21)14-17-7-11(26-14)27(22,23)4-2/h5-7,10H,3-4,8H2,1-2H3. The molecule has 0 bridgehead atoms. The first-order valence-electron chi connectivity index (χ1n) is 7.99. The zero-order valence-corrected chi connectivity index (χ0v) is 18.2. The summed E-state index contributed by atoms with van der Waals surface area (Å²) in [5.74, 6) is -0.728. The SMILES string of the molecule is CCN1CC(OC(=O)c2occc2I)N(c2ncc(S(=O)(=O)CC)s2)C1=O. The lowest BCUT2D eigenvalue weighted by molar-refractivity contribution is 0.0289. The monoisotopic (exact) mass is 525 g/mol. The maximum atomic E-state index is 12.7. The second-order valence-electron chi connectivity index (χ2n) is 5.51. The zero-order valence-electron chi connectivity index (χ0n) is 14.4. The van der Waals surface area contributed by atoms with Gasteiger partial charge in [0, 0.05) is 6.54 Å². The van der Waals surface area contributed by atoms with Gasteiger partial charge in [-0.2, -0.15) is 0 Å². The second kappa shape index (κ2) is 7.75. The Morgan fingerprint density at radius 3 is 2.81 bits per heavy atom. The second-order valence-corrected chi connectivity index (χ2v) is 10.2. The highest BCUT2D eigenvalue weighted by atomic mass is 127. The number of halogens is 1. The molecule has 12 heteroatoms. The molecule has 146 valence electrons. The molecule has 9 nitrogen and oxygen atoms in total. The summed E-state index contributed by atoms with van der Waals surface area (Å²) >= 11 is 2.82. The lowest BCUT2D eigenvalue weighted by Gasteiger charge is -2.19. The van der Waals surface area contributed by atoms with E-state index in [1.54, 1.807) is 13.0 Å². The van der Waals surface area contributed by atoms with E-state index < -0.39 is 28.1 Å². The Hall–Kier alpha value is -1.67. The molecule has 1 fully saturated rings. The molecule has 3 rings (SSSR count). The summed E-state index contributed by atoms with van der Waals surface area (Å²) in [6.45, 7) is 3.88. The van der Waals surface area contributed by atoms with Crippen molar-refractivity contribution >= 4 is 60.9 Å². The van der Waals surface area contributed by atoms with Gasteiger partial charge in [-0.25, -0.2) is 27.9 Å². The molecule has 2 amide bonds. The summed E-state index contributed by atoms with van der Waals surface area (Å²) in [5, 5.41) is 0.162. The number of anilines is 1. The van der Waals surface area contributed by atoms with Crippen LogP contribution < -0.4 is 4.90 Å². The number of nitrogens with zero attached hydrogens (tertiary/aromatic N) is 3. The Labute approximate surface area is 173 Å². The molecule has 27 heavy (non-hydrogen) atoms. The van der Waals surface area contributed by atoms with Crippen LogP contribution in [0.25, 0.3) is 0 Å². The van der Waals surface area contributed by atoms with E-state index in [0.717, 1.165) is 11.3 Å². The molecule has 0 aliphatic carbocycles. The van der Waals surface area contributed by atoms with Crippen molar-refractivity contribution in [2.24, 2.45) is 0 Å². The molecule has 0 saturated carbocycles. The molecule has 0 radical (unpaired) electrons. The first-order valence-corrected chi connectivity index (χ1v) is 11.5. The lowest BCUT2D eigenvalue weighted by Crippen LogP contribution is -2.37. The topological polar surface area (TPSA) is 110 Å². The number of furan rings is 1. The van der Waals surface area contributed by atoms with E-state index in [-0.39, 0.29) is 27.4 Å². The molecule has 1 saturated heterocycles. The van der Waals surface area contributed by atoms with Crippen LogP contribution in [0.3, 0.4) is 0 Å². The molecule has 2 aromatic heterocycles. The van der Waals surface area contributed by atoms with E-state index in [2.05, 4.69) is 4.98 Å². The number of hydrogen-bond acceptors (Lipinski definition) is 8. The molecule has 0 aromatic carbocycles. The minimum atomic E-state index is -3.44. The number of aromatic nitrogens is 1. The highest BCUT2D eigenvalue weighted by Crippen LogP contribution is 2.32. The van der Waals surface area contributed by atoms with Gasteiger partial charge in [0.25, 0.3) is 0 Å². The Morgan fingerprint density at radius 1 is 1.48 bits per heavy atom. The smallest absolute Gasteiger partial charge is 0.377 e. The van der Waals surface area contributed by atoms with Crippen LogP contribution in [-0.4, -0.2) is 55.4 Å². The Kier molecular flexibility index (Phi) is 5.76. The first-order chi connectivity index (χ1) is 12.8. The average Bonchev–Trinajstić information content (AvgIpc) is 3.34. The van der Waals surface area contributed by atoms with Crippen molar-refractivity contribution in [1.82, 2.24) is 9.88 Å². The van der Waals surface area contributed by atoms with Gasteiger partial charge in [0.15, 0.2) is 15.0 Å². The molecule has 3 heterocycles. The Balaban J connectivity index is 1.90. The van der Waals surface area contributed by atoms with Crippen molar-refractivity contribution in [2.75, 3.05) is 23.7 Å². The van der Waals surface area contributed by atoms with Crippen LogP contribution in [0, 0.1) is 3.57 Å². The third-order valence-corrected chi connectivity index (χ3v) is 8.06. The first kappa shape index (κ1) is 20.1. The van der Waals surface area contributed by atoms with Crippen molar-refractivity contribution in [2.45, 2.75) is 24.3 Å². The number of esters is 1. The summed E-state index contributed by atoms with van der Waals surface area (Å²) in [4.78, 5) is 31.8. The van der Waals surface area contributed by atoms with Crippen molar-refractivity contribution in [3.63, 3.8) is 0 Å². The van der Waals surface area contributed by atoms with Crippen molar-refractivity contribution in [3.8, 4) is 0 Å². The normalized spacial score (nSPS) is 17.6. The molecule has 2 aromatic rings. The number of hydrogen-bond donors (Lipinski definition) is 0. The van der Waals surface area contributed by atoms with Crippen LogP contribution >= 0.6 is 33.9 Å². The molecule has 0 spiro atoms. The molecular weight excluding hydrogens is 509 g/mol. The van der Waals surface area contributed by atoms with Crippen LogP contribution in [0.1, 0.15) is 24.4 Å². The average molecular weight is 525 g/mol. The zero-order chi connectivity index (χ0) is 19.8. The largest absolute Gasteiger partial charge is 0.456 e. The third-order valence-electron chi connectivity index (χ3n) is 3.93. The highest BCUT2D eigenvalue weighted by molar-refractivity contribution is 14.1. The Bertz CT molecular complexity index is 970. The van der Waals surface area contributed by atoms with E-state index >= 15 is 0 Å². The summed E-state index contributed by atoms with van der Waals surface area (Å²) in [7, 11) is -3.44. The van der Waals surface area contributed by atoms with Gasteiger partial charge in [-0.15, -0.1) is 0 Å². The van der Waals surface area contributed by atoms with Gasteiger partial charge < -0.3 is 14.1 Å². The minimum Gasteiger partial charge on any atom is -0.456 e. The van der Waals surface area contributed by atoms with Gasteiger partial charge in [-0.3, -0.25) is 0 Å². The number of urea groups is 1. The summed E-state index contributed by atoms with van der Waals surface area (Å²) < 4.78 is 35.3. The third kappa shape index (κ3) is 3.82. The van der Waals surface area contributed by atoms with E-state index in [9.17, 15) is 18.0 Å². The fraction of sp³-hybridized carbons (Fsp3) is 0.400. The number of rotatable bonds is 6. The quantitative estimate of drug-likeness (QED) is 0.421.